The normalized spacial score (nSPS) is 8.29. The standard InChI is InChI=1S/C3H5IO3/c1-2-3(5)6-7-4/h2H2,1H3. The van der Waals surface area contributed by atoms with E-state index in [2.05, 4.69) is 8.10 Å². The van der Waals surface area contributed by atoms with Crippen LogP contribution < -0.4 is 0 Å². The average molecular weight is 216 g/mol. The van der Waals surface area contributed by atoms with Crippen LogP contribution in [0.1, 0.15) is 13.3 Å². The number of carbonyl (C=O) groups is 1. The first-order valence-corrected chi connectivity index (χ1v) is 2.67. The molecule has 0 heterocycles. The molecule has 0 aromatic carbocycles. The molecule has 0 spiro atoms. The summed E-state index contributed by atoms with van der Waals surface area (Å²) in [4.78, 5) is 14.1. The number of hydrogen-bond donors (Lipinski definition) is 0. The molecule has 3 nitrogen and oxygen atoms in total. The van der Waals surface area contributed by atoms with Gasteiger partial charge in [-0.1, -0.05) is 6.92 Å². The molecule has 0 aliphatic carbocycles. The SMILES string of the molecule is CCC(=O)OOI. The summed E-state index contributed by atoms with van der Waals surface area (Å²) < 4.78 is 4.01. The van der Waals surface area contributed by atoms with Crippen LogP contribution in [-0.2, 0) is 12.9 Å². The summed E-state index contributed by atoms with van der Waals surface area (Å²) in [6, 6.07) is 0. The maximum absolute atomic E-state index is 10.1. The average Bonchev–Trinajstić information content (AvgIpc) is 1.68. The fourth-order valence-electron chi connectivity index (χ4n) is 0.0941. The summed E-state index contributed by atoms with van der Waals surface area (Å²) in [7, 11) is 0. The van der Waals surface area contributed by atoms with E-state index in [9.17, 15) is 4.79 Å². The molecule has 0 unspecified atom stereocenters. The van der Waals surface area contributed by atoms with Crippen LogP contribution in [0.2, 0.25) is 0 Å². The Balaban J connectivity index is 3.00. The lowest BCUT2D eigenvalue weighted by Crippen LogP contribution is -1.96. The summed E-state index contributed by atoms with van der Waals surface area (Å²) in [6.45, 7) is 1.69. The van der Waals surface area contributed by atoms with Gasteiger partial charge in [0.2, 0.25) is 0 Å². The molecular formula is C3H5IO3. The zero-order valence-electron chi connectivity index (χ0n) is 3.81. The summed E-state index contributed by atoms with van der Waals surface area (Å²) in [5.41, 5.74) is 0. The highest BCUT2D eigenvalue weighted by Crippen LogP contribution is 1.90. The Kier molecular flexibility index (Phi) is 4.42. The molecule has 0 aliphatic rings. The molecule has 0 atom stereocenters. The minimum absolute atomic E-state index is 0.350. The first kappa shape index (κ1) is 7.16. The van der Waals surface area contributed by atoms with E-state index >= 15 is 0 Å². The molecule has 4 heteroatoms. The quantitative estimate of drug-likeness (QED) is 0.395. The van der Waals surface area contributed by atoms with Crippen molar-refractivity contribution in [3.8, 4) is 0 Å². The van der Waals surface area contributed by atoms with Gasteiger partial charge in [0.15, 0.2) is 23.0 Å². The lowest BCUT2D eigenvalue weighted by atomic mass is 10.5. The van der Waals surface area contributed by atoms with Gasteiger partial charge < -0.3 is 0 Å². The first-order chi connectivity index (χ1) is 3.31. The smallest absolute Gasteiger partial charge is 0.288 e. The van der Waals surface area contributed by atoms with Gasteiger partial charge in [0.1, 0.15) is 0 Å². The highest BCUT2D eigenvalue weighted by Gasteiger charge is 1.94. The van der Waals surface area contributed by atoms with E-state index in [-0.39, 0.29) is 5.97 Å². The Morgan fingerprint density at radius 1 is 1.86 bits per heavy atom. The van der Waals surface area contributed by atoms with Gasteiger partial charge in [-0.3, -0.25) is 4.89 Å². The number of hydrogen-bond acceptors (Lipinski definition) is 3. The van der Waals surface area contributed by atoms with Crippen molar-refractivity contribution in [2.45, 2.75) is 13.3 Å². The Bertz CT molecular complexity index is 63.2. The maximum Gasteiger partial charge on any atom is 0.343 e. The molecular weight excluding hydrogens is 211 g/mol. The highest BCUT2D eigenvalue weighted by molar-refractivity contribution is 14.1. The Labute approximate surface area is 55.6 Å². The molecule has 0 fully saturated rings. The van der Waals surface area contributed by atoms with Crippen molar-refractivity contribution in [1.82, 2.24) is 0 Å². The molecule has 0 aromatic rings. The van der Waals surface area contributed by atoms with E-state index in [0.29, 0.717) is 6.42 Å². The van der Waals surface area contributed by atoms with Crippen molar-refractivity contribution in [2.24, 2.45) is 0 Å². The molecule has 0 rings (SSSR count). The van der Waals surface area contributed by atoms with Gasteiger partial charge in [-0.15, -0.1) is 3.22 Å². The largest absolute Gasteiger partial charge is 0.343 e. The zero-order valence-corrected chi connectivity index (χ0v) is 5.97. The zero-order chi connectivity index (χ0) is 5.70. The van der Waals surface area contributed by atoms with Crippen molar-refractivity contribution < 1.29 is 12.9 Å². The predicted molar refractivity (Wildman–Crippen MR) is 31.5 cm³/mol. The molecule has 0 saturated carbocycles. The minimum Gasteiger partial charge on any atom is -0.288 e. The lowest BCUT2D eigenvalue weighted by molar-refractivity contribution is -0.194. The van der Waals surface area contributed by atoms with E-state index in [1.54, 1.807) is 6.92 Å². The molecule has 42 valence electrons. The van der Waals surface area contributed by atoms with E-state index in [1.165, 1.54) is 23.0 Å². The van der Waals surface area contributed by atoms with Crippen LogP contribution in [0.3, 0.4) is 0 Å². The topological polar surface area (TPSA) is 35.5 Å². The van der Waals surface area contributed by atoms with Gasteiger partial charge in [0, 0.05) is 6.42 Å². The number of carbonyl (C=O) groups excluding carboxylic acids is 1. The molecule has 0 saturated heterocycles. The van der Waals surface area contributed by atoms with Gasteiger partial charge in [-0.2, -0.15) is 0 Å². The Hall–Kier alpha value is 0.160. The number of halogens is 1. The van der Waals surface area contributed by atoms with Crippen LogP contribution in [0.4, 0.5) is 0 Å². The molecule has 0 aromatic heterocycles. The van der Waals surface area contributed by atoms with E-state index in [4.69, 9.17) is 0 Å². The van der Waals surface area contributed by atoms with Gasteiger partial charge in [0.05, 0.1) is 0 Å². The fraction of sp³-hybridized carbons (Fsp3) is 0.667. The van der Waals surface area contributed by atoms with Crippen LogP contribution in [0.5, 0.6) is 0 Å². The van der Waals surface area contributed by atoms with Crippen molar-refractivity contribution in [3.05, 3.63) is 0 Å². The van der Waals surface area contributed by atoms with Crippen molar-refractivity contribution in [3.63, 3.8) is 0 Å². The first-order valence-electron chi connectivity index (χ1n) is 1.79. The van der Waals surface area contributed by atoms with Crippen molar-refractivity contribution in [1.29, 1.82) is 0 Å². The predicted octanol–water partition coefficient (Wildman–Crippen LogP) is 1.22. The lowest BCUT2D eigenvalue weighted by Gasteiger charge is -1.89. The summed E-state index contributed by atoms with van der Waals surface area (Å²) in [6.07, 6.45) is 0.350. The second-order valence-electron chi connectivity index (χ2n) is 0.872. The molecule has 0 bridgehead atoms. The van der Waals surface area contributed by atoms with Crippen LogP contribution >= 0.6 is 23.0 Å². The van der Waals surface area contributed by atoms with Gasteiger partial charge in [-0.25, -0.2) is 4.79 Å². The van der Waals surface area contributed by atoms with Crippen LogP contribution in [0, 0.1) is 0 Å². The van der Waals surface area contributed by atoms with E-state index in [0.717, 1.165) is 0 Å². The molecule has 0 aliphatic heterocycles. The van der Waals surface area contributed by atoms with Crippen molar-refractivity contribution >= 4 is 29.0 Å². The number of rotatable bonds is 2. The third-order valence-electron chi connectivity index (χ3n) is 0.413. The second-order valence-corrected chi connectivity index (χ2v) is 1.23. The van der Waals surface area contributed by atoms with Gasteiger partial charge in [0.25, 0.3) is 0 Å². The summed E-state index contributed by atoms with van der Waals surface area (Å²) in [5.74, 6) is -0.352. The van der Waals surface area contributed by atoms with Crippen LogP contribution in [0.25, 0.3) is 0 Å². The molecule has 0 radical (unpaired) electrons. The fourth-order valence-corrected chi connectivity index (χ4v) is 0.295. The van der Waals surface area contributed by atoms with Gasteiger partial charge in [-0.05, 0) is 0 Å². The molecule has 0 amide bonds. The molecule has 0 N–H and O–H groups in total. The maximum atomic E-state index is 10.1. The van der Waals surface area contributed by atoms with Crippen LogP contribution in [-0.4, -0.2) is 5.97 Å². The van der Waals surface area contributed by atoms with Gasteiger partial charge >= 0.3 is 5.97 Å². The van der Waals surface area contributed by atoms with Crippen LogP contribution in [0.15, 0.2) is 0 Å². The summed E-state index contributed by atoms with van der Waals surface area (Å²) >= 11 is 1.48. The van der Waals surface area contributed by atoms with E-state index < -0.39 is 0 Å². The monoisotopic (exact) mass is 216 g/mol. The third kappa shape index (κ3) is 4.00. The highest BCUT2D eigenvalue weighted by atomic mass is 127. The second kappa shape index (κ2) is 4.32. The Morgan fingerprint density at radius 3 is 2.57 bits per heavy atom. The van der Waals surface area contributed by atoms with E-state index in [1.807, 2.05) is 0 Å². The third-order valence-corrected chi connectivity index (χ3v) is 0.593. The summed E-state index contributed by atoms with van der Waals surface area (Å²) in [5, 5.41) is 0. The van der Waals surface area contributed by atoms with Crippen molar-refractivity contribution in [2.75, 3.05) is 0 Å². The molecule has 7 heavy (non-hydrogen) atoms. The minimum atomic E-state index is -0.352. The Morgan fingerprint density at radius 2 is 2.43 bits per heavy atom.